The van der Waals surface area contributed by atoms with E-state index in [0.717, 1.165) is 11.8 Å². The summed E-state index contributed by atoms with van der Waals surface area (Å²) < 4.78 is 47.8. The number of carbonyl (C=O) groups excluding carboxylic acids is 1. The van der Waals surface area contributed by atoms with Crippen LogP contribution in [-0.2, 0) is 10.3 Å². The molecule has 14 heteroatoms. The van der Waals surface area contributed by atoms with Crippen LogP contribution in [0.5, 0.6) is 0 Å². The number of rotatable bonds is 6. The number of anilines is 1. The number of thioether (sulfide) groups is 1. The summed E-state index contributed by atoms with van der Waals surface area (Å²) in [5.41, 5.74) is -0.165. The topological polar surface area (TPSA) is 92.4 Å². The first kappa shape index (κ1) is 24.6. The molecule has 0 spiro atoms. The minimum Gasteiger partial charge on any atom is -0.410 e. The van der Waals surface area contributed by atoms with Crippen molar-refractivity contribution in [2.45, 2.75) is 23.4 Å². The molecule has 0 aliphatic carbocycles. The molecule has 7 nitrogen and oxygen atoms in total. The van der Waals surface area contributed by atoms with Crippen molar-refractivity contribution in [3.8, 4) is 0 Å². The molecular formula is C20H13Cl3F3N5O2S. The average Bonchev–Trinajstić information content (AvgIpc) is 3.41. The van der Waals surface area contributed by atoms with Gasteiger partial charge in [0.1, 0.15) is 5.71 Å². The van der Waals surface area contributed by atoms with E-state index in [4.69, 9.17) is 39.2 Å². The zero-order chi connectivity index (χ0) is 24.5. The fourth-order valence-electron chi connectivity index (χ4n) is 3.15. The van der Waals surface area contributed by atoms with Crippen LogP contribution in [0.4, 0.5) is 18.9 Å². The molecule has 0 radical (unpaired) electrons. The number of aromatic nitrogens is 2. The summed E-state index contributed by atoms with van der Waals surface area (Å²) in [4.78, 5) is 12.1. The number of hydrogen-bond donors (Lipinski definition) is 2. The zero-order valence-corrected chi connectivity index (χ0v) is 19.9. The first-order chi connectivity index (χ1) is 16.1. The van der Waals surface area contributed by atoms with Crippen molar-refractivity contribution in [1.82, 2.24) is 15.6 Å². The molecule has 1 aliphatic heterocycles. The highest BCUT2D eigenvalue weighted by Crippen LogP contribution is 2.46. The van der Waals surface area contributed by atoms with Crippen LogP contribution in [0.1, 0.15) is 17.9 Å². The molecule has 0 saturated carbocycles. The minimum absolute atomic E-state index is 0.000681. The van der Waals surface area contributed by atoms with Crippen molar-refractivity contribution in [1.29, 1.82) is 0 Å². The lowest BCUT2D eigenvalue weighted by Gasteiger charge is -2.31. The van der Waals surface area contributed by atoms with Crippen molar-refractivity contribution >= 4 is 63.9 Å². The first-order valence-corrected chi connectivity index (χ1v) is 11.6. The maximum absolute atomic E-state index is 14.1. The van der Waals surface area contributed by atoms with Crippen molar-refractivity contribution in [2.24, 2.45) is 5.10 Å². The van der Waals surface area contributed by atoms with Crippen molar-refractivity contribution < 1.29 is 22.4 Å². The molecule has 178 valence electrons. The van der Waals surface area contributed by atoms with Crippen LogP contribution < -0.4 is 10.7 Å². The largest absolute Gasteiger partial charge is 0.417 e. The summed E-state index contributed by atoms with van der Waals surface area (Å²) in [5.74, 6) is -0.615. The number of hydrogen-bond acceptors (Lipinski definition) is 7. The molecular weight excluding hydrogens is 538 g/mol. The van der Waals surface area contributed by atoms with Crippen LogP contribution in [0.25, 0.3) is 0 Å². The molecule has 2 heterocycles. The van der Waals surface area contributed by atoms with Gasteiger partial charge in [-0.05, 0) is 48.0 Å². The van der Waals surface area contributed by atoms with Gasteiger partial charge in [0.2, 0.25) is 5.91 Å². The third-order valence-electron chi connectivity index (χ3n) is 4.76. The lowest BCUT2D eigenvalue weighted by molar-refractivity contribution is -0.196. The predicted octanol–water partition coefficient (Wildman–Crippen LogP) is 5.92. The number of carbonyl (C=O) groups is 1. The smallest absolute Gasteiger partial charge is 0.410 e. The Kier molecular flexibility index (Phi) is 6.99. The van der Waals surface area contributed by atoms with E-state index in [9.17, 15) is 18.0 Å². The van der Waals surface area contributed by atoms with Gasteiger partial charge in [-0.15, -0.1) is 10.2 Å². The summed E-state index contributed by atoms with van der Waals surface area (Å²) in [6.45, 7) is 0. The Labute approximate surface area is 210 Å². The van der Waals surface area contributed by atoms with Crippen LogP contribution in [0.3, 0.4) is 0 Å². The Morgan fingerprint density at radius 2 is 1.76 bits per heavy atom. The number of nitrogens with zero attached hydrogens (tertiary/aromatic N) is 3. The Bertz CT molecular complexity index is 1230. The lowest BCUT2D eigenvalue weighted by Crippen LogP contribution is -2.49. The molecule has 0 fully saturated rings. The maximum atomic E-state index is 14.1. The van der Waals surface area contributed by atoms with Gasteiger partial charge in [0, 0.05) is 27.2 Å². The van der Waals surface area contributed by atoms with E-state index in [1.807, 2.05) is 0 Å². The quantitative estimate of drug-likeness (QED) is 0.371. The van der Waals surface area contributed by atoms with Gasteiger partial charge in [-0.3, -0.25) is 10.2 Å². The van der Waals surface area contributed by atoms with Gasteiger partial charge < -0.3 is 9.73 Å². The highest BCUT2D eigenvalue weighted by Gasteiger charge is 2.59. The monoisotopic (exact) mass is 549 g/mol. The minimum atomic E-state index is -4.75. The first-order valence-electron chi connectivity index (χ1n) is 9.45. The van der Waals surface area contributed by atoms with E-state index >= 15 is 0 Å². The third kappa shape index (κ3) is 5.27. The highest BCUT2D eigenvalue weighted by atomic mass is 35.5. The molecule has 1 aliphatic rings. The second kappa shape index (κ2) is 9.65. The van der Waals surface area contributed by atoms with Gasteiger partial charge in [-0.2, -0.15) is 18.3 Å². The van der Waals surface area contributed by atoms with Gasteiger partial charge in [0.25, 0.3) is 11.1 Å². The molecule has 3 aromatic rings. The lowest BCUT2D eigenvalue weighted by atomic mass is 9.85. The third-order valence-corrected chi connectivity index (χ3v) is 6.27. The summed E-state index contributed by atoms with van der Waals surface area (Å²) in [6.07, 6.45) is -5.37. The Morgan fingerprint density at radius 3 is 2.41 bits per heavy atom. The number of halogens is 6. The number of benzene rings is 2. The van der Waals surface area contributed by atoms with Crippen LogP contribution in [0.15, 0.2) is 57.2 Å². The summed E-state index contributed by atoms with van der Waals surface area (Å²) in [5, 5.41) is 14.6. The Balaban J connectivity index is 1.44. The predicted molar refractivity (Wildman–Crippen MR) is 124 cm³/mol. The maximum Gasteiger partial charge on any atom is 0.417 e. The second-order valence-corrected chi connectivity index (χ2v) is 9.36. The molecule has 1 unspecified atom stereocenters. The van der Waals surface area contributed by atoms with E-state index in [2.05, 4.69) is 26.0 Å². The van der Waals surface area contributed by atoms with Crippen molar-refractivity contribution in [3.63, 3.8) is 0 Å². The highest BCUT2D eigenvalue weighted by molar-refractivity contribution is 7.99. The molecule has 2 N–H and O–H groups in total. The molecule has 1 aromatic heterocycles. The normalized spacial score (nSPS) is 17.9. The fraction of sp³-hybridized carbons (Fsp3) is 0.200. The van der Waals surface area contributed by atoms with Gasteiger partial charge in [0.05, 0.1) is 5.75 Å². The number of alkyl halides is 3. The SMILES string of the molecule is O=C(CSc1nnc(C2=NNC(c3cc(Cl)cc(Cl)c3)(C(F)(F)F)C2)o1)Nc1ccc(Cl)cc1. The van der Waals surface area contributed by atoms with Crippen LogP contribution in [0.2, 0.25) is 15.1 Å². The zero-order valence-electron chi connectivity index (χ0n) is 16.8. The Hall–Kier alpha value is -2.47. The van der Waals surface area contributed by atoms with E-state index in [0.29, 0.717) is 10.7 Å². The molecule has 1 amide bonds. The van der Waals surface area contributed by atoms with E-state index in [1.165, 1.54) is 18.2 Å². The summed E-state index contributed by atoms with van der Waals surface area (Å²) in [6, 6.07) is 10.2. The summed E-state index contributed by atoms with van der Waals surface area (Å²) >= 11 is 18.6. The molecule has 2 aromatic carbocycles. The molecule has 0 bridgehead atoms. The number of hydrazone groups is 1. The van der Waals surface area contributed by atoms with Crippen molar-refractivity contribution in [3.05, 3.63) is 69.0 Å². The summed E-state index contributed by atoms with van der Waals surface area (Å²) in [7, 11) is 0. The van der Waals surface area contributed by atoms with Crippen molar-refractivity contribution in [2.75, 3.05) is 11.1 Å². The Morgan fingerprint density at radius 1 is 1.09 bits per heavy atom. The van der Waals surface area contributed by atoms with E-state index in [-0.39, 0.29) is 44.1 Å². The number of amides is 1. The van der Waals surface area contributed by atoms with Crippen LogP contribution >= 0.6 is 46.6 Å². The number of nitrogens with one attached hydrogen (secondary N) is 2. The molecule has 1 atom stereocenters. The second-order valence-electron chi connectivity index (χ2n) is 7.13. The standard InChI is InChI=1S/C20H13Cl3F3N5O2S/c21-11-1-3-14(4-2-11)27-16(32)9-34-18-30-29-17(33-18)15-8-19(31-28-15,20(24,25)26)10-5-12(22)7-13(23)6-10/h1-7,31H,8-9H2,(H,27,32). The van der Waals surface area contributed by atoms with Crippen LogP contribution in [0, 0.1) is 0 Å². The van der Waals surface area contributed by atoms with Gasteiger partial charge in [-0.25, -0.2) is 0 Å². The van der Waals surface area contributed by atoms with Gasteiger partial charge in [-0.1, -0.05) is 46.6 Å². The molecule has 4 rings (SSSR count). The van der Waals surface area contributed by atoms with E-state index < -0.39 is 18.1 Å². The van der Waals surface area contributed by atoms with E-state index in [1.54, 1.807) is 24.3 Å². The average molecular weight is 551 g/mol. The van der Waals surface area contributed by atoms with Gasteiger partial charge in [0.15, 0.2) is 5.54 Å². The fourth-order valence-corrected chi connectivity index (χ4v) is 4.37. The molecule has 0 saturated heterocycles. The van der Waals surface area contributed by atoms with Gasteiger partial charge >= 0.3 is 6.18 Å². The van der Waals surface area contributed by atoms with Crippen LogP contribution in [-0.4, -0.2) is 33.7 Å². The molecule has 34 heavy (non-hydrogen) atoms.